The molecule has 5 N–H and O–H groups in total. The third-order valence-corrected chi connectivity index (χ3v) is 11.4. The molecular weight excluding hydrogens is 805 g/mol. The maximum absolute atomic E-state index is 14.4. The fourth-order valence-corrected chi connectivity index (χ4v) is 7.56. The highest BCUT2D eigenvalue weighted by Gasteiger charge is 2.45. The number of fused-ring (bicyclic) bond motifs is 1. The van der Waals surface area contributed by atoms with Crippen molar-refractivity contribution in [2.45, 2.75) is 96.8 Å². The fourth-order valence-electron chi connectivity index (χ4n) is 7.56. The predicted octanol–water partition coefficient (Wildman–Crippen LogP) is 0.217. The molecule has 2 aliphatic rings. The summed E-state index contributed by atoms with van der Waals surface area (Å²) < 4.78 is 5.87. The van der Waals surface area contributed by atoms with Gasteiger partial charge in [0.1, 0.15) is 36.0 Å². The molecule has 5 unspecified atom stereocenters. The largest absolute Gasteiger partial charge is 0.505 e. The molecule has 1 aromatic carbocycles. The lowest BCUT2D eigenvalue weighted by atomic mass is 9.88. The average Bonchev–Trinajstić information content (AvgIpc) is 3.61. The molecule has 2 saturated heterocycles. The molecule has 2 aromatic rings. The highest BCUT2D eigenvalue weighted by atomic mass is 16.5. The van der Waals surface area contributed by atoms with Gasteiger partial charge in [-0.3, -0.25) is 33.6 Å². The van der Waals surface area contributed by atoms with Gasteiger partial charge in [0, 0.05) is 40.3 Å². The van der Waals surface area contributed by atoms with Crippen LogP contribution in [0.25, 0.3) is 0 Å². The molecular formula is C43H60N8O11. The Morgan fingerprint density at radius 1 is 0.903 bits per heavy atom. The monoisotopic (exact) mass is 864 g/mol. The van der Waals surface area contributed by atoms with E-state index in [1.807, 2.05) is 13.8 Å². The Labute approximate surface area is 361 Å². The minimum absolute atomic E-state index is 0.0353. The first-order chi connectivity index (χ1) is 29.1. The maximum Gasteiger partial charge on any atom is 0.333 e. The van der Waals surface area contributed by atoms with Crippen LogP contribution in [0.4, 0.5) is 0 Å². The SMILES string of the molecule is CC(C)C[C@H]1NC(=O)[C@@H](NC(=O)c2ncccc2O)C(C)OC(=O)C(c2ccccc2)N(C)C(=O)CNC(=O)[C@@H](C(C)C(C)C)N(C)C(=O)CN(C)C(=O)C2CC(O)CN2C1=O. The summed E-state index contributed by atoms with van der Waals surface area (Å²) in [6, 6.07) is 3.87. The molecule has 338 valence electrons. The lowest BCUT2D eigenvalue weighted by Crippen LogP contribution is -2.60. The molecule has 2 aliphatic heterocycles. The van der Waals surface area contributed by atoms with E-state index in [4.69, 9.17) is 4.74 Å². The van der Waals surface area contributed by atoms with Gasteiger partial charge in [-0.2, -0.15) is 0 Å². The number of carbonyl (C=O) groups is 8. The third kappa shape index (κ3) is 11.6. The van der Waals surface area contributed by atoms with Gasteiger partial charge in [-0.25, -0.2) is 9.78 Å². The van der Waals surface area contributed by atoms with Gasteiger partial charge in [0.2, 0.25) is 35.4 Å². The summed E-state index contributed by atoms with van der Waals surface area (Å²) in [6.45, 7) is 9.05. The summed E-state index contributed by atoms with van der Waals surface area (Å²) in [5.41, 5.74) is -0.141. The summed E-state index contributed by atoms with van der Waals surface area (Å²) in [4.78, 5) is 121. The minimum atomic E-state index is -1.74. The number of rotatable bonds is 7. The van der Waals surface area contributed by atoms with Gasteiger partial charge in [0.15, 0.2) is 11.7 Å². The number of aliphatic hydroxyl groups excluding tert-OH is 1. The van der Waals surface area contributed by atoms with Crippen LogP contribution in [0, 0.1) is 17.8 Å². The second-order valence-electron chi connectivity index (χ2n) is 16.8. The molecule has 62 heavy (non-hydrogen) atoms. The molecule has 4 rings (SSSR count). The number of nitrogens with zero attached hydrogens (tertiary/aromatic N) is 5. The molecule has 0 spiro atoms. The number of amides is 7. The molecule has 0 aliphatic carbocycles. The van der Waals surface area contributed by atoms with Gasteiger partial charge in [0.25, 0.3) is 5.91 Å². The predicted molar refractivity (Wildman–Crippen MR) is 223 cm³/mol. The molecule has 19 nitrogen and oxygen atoms in total. The Bertz CT molecular complexity index is 1980. The Kier molecular flexibility index (Phi) is 16.5. The molecule has 8 atom stereocenters. The minimum Gasteiger partial charge on any atom is -0.505 e. The van der Waals surface area contributed by atoms with Gasteiger partial charge in [-0.05, 0) is 48.8 Å². The van der Waals surface area contributed by atoms with Crippen LogP contribution in [0.1, 0.15) is 76.5 Å². The highest BCUT2D eigenvalue weighted by Crippen LogP contribution is 2.26. The van der Waals surface area contributed by atoms with E-state index < -0.39 is 120 Å². The number of benzene rings is 1. The number of aromatic nitrogens is 1. The average molecular weight is 865 g/mol. The molecule has 3 heterocycles. The number of aromatic hydroxyl groups is 1. The number of likely N-dealkylation sites (N-methyl/N-ethyl adjacent to an activating group) is 3. The standard InChI is InChI=1S/C43H60N8O11/c1-23(2)18-29-41(59)51-21-28(52)19-30(51)42(60)48(7)22-33(55)50(9)36(25(5)24(3)4)40(58)45-20-32(54)49(8)37(27-14-11-10-12-15-27)43(61)62-26(6)34(38(56)46-29)47-39(57)35-31(53)16-13-17-44-35/h10-17,23-26,28-30,34,36-37,52-53H,18-22H2,1-9H3,(H,45,58)(H,46,56)(H,47,57)/t25?,26?,28?,29-,30?,34+,36-,37?/m1/s1. The second kappa shape index (κ2) is 21.1. The van der Waals surface area contributed by atoms with E-state index in [-0.39, 0.29) is 31.2 Å². The van der Waals surface area contributed by atoms with Crippen molar-refractivity contribution in [2.75, 3.05) is 40.8 Å². The van der Waals surface area contributed by atoms with Crippen LogP contribution in [0.15, 0.2) is 48.7 Å². The Hall–Kier alpha value is -6.11. The first kappa shape index (κ1) is 48.6. The number of esters is 1. The number of nitrogens with one attached hydrogen (secondary N) is 3. The summed E-state index contributed by atoms with van der Waals surface area (Å²) in [7, 11) is 4.11. The number of ether oxygens (including phenoxy) is 1. The van der Waals surface area contributed by atoms with Crippen LogP contribution in [-0.2, 0) is 38.3 Å². The quantitative estimate of drug-likeness (QED) is 0.235. The summed E-state index contributed by atoms with van der Waals surface area (Å²) >= 11 is 0. The summed E-state index contributed by atoms with van der Waals surface area (Å²) in [5, 5.41) is 28.9. The van der Waals surface area contributed by atoms with Crippen molar-refractivity contribution in [1.82, 2.24) is 40.5 Å². The second-order valence-corrected chi connectivity index (χ2v) is 16.8. The number of carbonyl (C=O) groups excluding carboxylic acids is 8. The Morgan fingerprint density at radius 3 is 2.18 bits per heavy atom. The van der Waals surface area contributed by atoms with Gasteiger partial charge < -0.3 is 50.5 Å². The zero-order valence-electron chi connectivity index (χ0n) is 36.7. The van der Waals surface area contributed by atoms with Crippen molar-refractivity contribution in [3.63, 3.8) is 0 Å². The van der Waals surface area contributed by atoms with E-state index >= 15 is 0 Å². The zero-order chi connectivity index (χ0) is 46.2. The van der Waals surface area contributed by atoms with Crippen molar-refractivity contribution in [1.29, 1.82) is 0 Å². The van der Waals surface area contributed by atoms with E-state index in [1.54, 1.807) is 51.1 Å². The van der Waals surface area contributed by atoms with E-state index in [9.17, 15) is 48.6 Å². The van der Waals surface area contributed by atoms with E-state index in [0.29, 0.717) is 5.56 Å². The number of cyclic esters (lactones) is 1. The first-order valence-electron chi connectivity index (χ1n) is 20.7. The van der Waals surface area contributed by atoms with Crippen molar-refractivity contribution >= 4 is 47.3 Å². The number of hydrogen-bond donors (Lipinski definition) is 5. The molecule has 2 fully saturated rings. The van der Waals surface area contributed by atoms with Crippen molar-refractivity contribution in [3.05, 3.63) is 59.9 Å². The van der Waals surface area contributed by atoms with Gasteiger partial charge in [-0.15, -0.1) is 0 Å². The smallest absolute Gasteiger partial charge is 0.333 e. The Morgan fingerprint density at radius 2 is 1.56 bits per heavy atom. The molecule has 0 bridgehead atoms. The van der Waals surface area contributed by atoms with Crippen molar-refractivity contribution < 1.29 is 53.3 Å². The molecule has 19 heteroatoms. The lowest BCUT2D eigenvalue weighted by Gasteiger charge is -2.36. The van der Waals surface area contributed by atoms with Crippen LogP contribution in [0.5, 0.6) is 5.75 Å². The van der Waals surface area contributed by atoms with Crippen molar-refractivity contribution in [2.24, 2.45) is 17.8 Å². The number of aliphatic hydroxyl groups is 1. The highest BCUT2D eigenvalue weighted by molar-refractivity contribution is 6.00. The van der Waals surface area contributed by atoms with Crippen LogP contribution in [0.2, 0.25) is 0 Å². The third-order valence-electron chi connectivity index (χ3n) is 11.4. The number of hydrogen-bond acceptors (Lipinski definition) is 12. The van der Waals surface area contributed by atoms with E-state index in [2.05, 4.69) is 20.9 Å². The van der Waals surface area contributed by atoms with Crippen LogP contribution < -0.4 is 16.0 Å². The van der Waals surface area contributed by atoms with Gasteiger partial charge >= 0.3 is 5.97 Å². The number of pyridine rings is 1. The van der Waals surface area contributed by atoms with Gasteiger partial charge in [-0.1, -0.05) is 65.0 Å². The fraction of sp³-hybridized carbons (Fsp3) is 0.558. The first-order valence-corrected chi connectivity index (χ1v) is 20.7. The maximum atomic E-state index is 14.4. The summed E-state index contributed by atoms with van der Waals surface area (Å²) in [5.74, 6) is -7.71. The molecule has 0 radical (unpaired) electrons. The van der Waals surface area contributed by atoms with Gasteiger partial charge in [0.05, 0.1) is 19.2 Å². The van der Waals surface area contributed by atoms with Crippen LogP contribution in [0.3, 0.4) is 0 Å². The topological polar surface area (TPSA) is 248 Å². The normalized spacial score (nSPS) is 26.1. The van der Waals surface area contributed by atoms with E-state index in [1.165, 1.54) is 51.3 Å². The molecule has 0 saturated carbocycles. The van der Waals surface area contributed by atoms with Crippen molar-refractivity contribution in [3.8, 4) is 5.75 Å². The Balaban J connectivity index is 1.83. The van der Waals surface area contributed by atoms with E-state index in [0.717, 1.165) is 14.7 Å². The zero-order valence-corrected chi connectivity index (χ0v) is 36.7. The molecule has 7 amide bonds. The molecule has 1 aromatic heterocycles. The van der Waals surface area contributed by atoms with Crippen LogP contribution >= 0.6 is 0 Å². The lowest BCUT2D eigenvalue weighted by molar-refractivity contribution is -0.160. The van der Waals surface area contributed by atoms with Crippen LogP contribution in [-0.4, -0.2) is 159 Å². The summed E-state index contributed by atoms with van der Waals surface area (Å²) in [6.07, 6.45) is -1.51.